The van der Waals surface area contributed by atoms with Gasteiger partial charge in [-0.1, -0.05) is 24.4 Å². The zero-order valence-electron chi connectivity index (χ0n) is 12.6. The highest BCUT2D eigenvalue weighted by atomic mass is 32.1. The number of thiocarbonyl (C=S) groups is 1. The van der Waals surface area contributed by atoms with Crippen LogP contribution >= 0.6 is 12.2 Å². The highest BCUT2D eigenvalue weighted by Crippen LogP contribution is 2.24. The van der Waals surface area contributed by atoms with E-state index in [2.05, 4.69) is 43.1 Å². The molecule has 0 amide bonds. The summed E-state index contributed by atoms with van der Waals surface area (Å²) in [7, 11) is 3.73. The molecule has 0 aliphatic carbocycles. The Labute approximate surface area is 131 Å². The summed E-state index contributed by atoms with van der Waals surface area (Å²) in [6.45, 7) is 2.81. The molecular formula is C17H20N2OS. The monoisotopic (exact) mass is 300 g/mol. The number of aryl methyl sites for hydroxylation is 1. The lowest BCUT2D eigenvalue weighted by Crippen LogP contribution is -2.18. The van der Waals surface area contributed by atoms with Crippen molar-refractivity contribution in [2.45, 2.75) is 13.5 Å². The van der Waals surface area contributed by atoms with Gasteiger partial charge in [-0.2, -0.15) is 0 Å². The second-order valence-corrected chi connectivity index (χ2v) is 5.53. The number of anilines is 1. The molecule has 2 aromatic carbocycles. The summed E-state index contributed by atoms with van der Waals surface area (Å²) in [6, 6.07) is 14.2. The van der Waals surface area contributed by atoms with Crippen LogP contribution in [0.5, 0.6) is 5.75 Å². The minimum atomic E-state index is 0.400. The molecular weight excluding hydrogens is 280 g/mol. The average Bonchev–Trinajstić information content (AvgIpc) is 2.47. The second kappa shape index (κ2) is 6.59. The highest BCUT2D eigenvalue weighted by molar-refractivity contribution is 7.80. The second-order valence-electron chi connectivity index (χ2n) is 5.09. The molecule has 2 rings (SSSR count). The van der Waals surface area contributed by atoms with Gasteiger partial charge < -0.3 is 15.4 Å². The molecule has 21 heavy (non-hydrogen) atoms. The normalized spacial score (nSPS) is 10.2. The van der Waals surface area contributed by atoms with E-state index < -0.39 is 0 Å². The van der Waals surface area contributed by atoms with Gasteiger partial charge in [-0.05, 0) is 42.8 Å². The molecule has 4 heteroatoms. The van der Waals surface area contributed by atoms with Crippen LogP contribution in [0.15, 0.2) is 42.5 Å². The van der Waals surface area contributed by atoms with E-state index in [-0.39, 0.29) is 0 Å². The summed E-state index contributed by atoms with van der Waals surface area (Å²) in [6.07, 6.45) is 0. The summed E-state index contributed by atoms with van der Waals surface area (Å²) in [5.41, 5.74) is 10.0. The van der Waals surface area contributed by atoms with Gasteiger partial charge in [0.15, 0.2) is 0 Å². The van der Waals surface area contributed by atoms with Crippen molar-refractivity contribution in [3.05, 3.63) is 59.2 Å². The van der Waals surface area contributed by atoms with Crippen LogP contribution in [0.2, 0.25) is 0 Å². The lowest BCUT2D eigenvalue weighted by atomic mass is 10.1. The van der Waals surface area contributed by atoms with Gasteiger partial charge in [-0.3, -0.25) is 0 Å². The lowest BCUT2D eigenvalue weighted by molar-refractivity contribution is 0.409. The lowest BCUT2D eigenvalue weighted by Gasteiger charge is -2.21. The third-order valence-electron chi connectivity index (χ3n) is 3.41. The highest BCUT2D eigenvalue weighted by Gasteiger charge is 2.09. The van der Waals surface area contributed by atoms with Gasteiger partial charge in [0.05, 0.1) is 7.11 Å². The van der Waals surface area contributed by atoms with E-state index in [1.54, 1.807) is 7.11 Å². The molecule has 110 valence electrons. The molecule has 0 heterocycles. The maximum Gasteiger partial charge on any atom is 0.123 e. The zero-order valence-corrected chi connectivity index (χ0v) is 13.4. The zero-order chi connectivity index (χ0) is 15.4. The summed E-state index contributed by atoms with van der Waals surface area (Å²) in [5, 5.41) is 0. The Morgan fingerprint density at radius 3 is 2.62 bits per heavy atom. The van der Waals surface area contributed by atoms with Crippen LogP contribution in [-0.4, -0.2) is 19.1 Å². The molecule has 0 radical (unpaired) electrons. The fourth-order valence-corrected chi connectivity index (χ4v) is 2.39. The van der Waals surface area contributed by atoms with Crippen molar-refractivity contribution in [2.24, 2.45) is 5.73 Å². The minimum absolute atomic E-state index is 0.400. The van der Waals surface area contributed by atoms with Crippen LogP contribution in [0.3, 0.4) is 0 Å². The largest absolute Gasteiger partial charge is 0.496 e. The predicted molar refractivity (Wildman–Crippen MR) is 92.2 cm³/mol. The van der Waals surface area contributed by atoms with Gasteiger partial charge in [0.2, 0.25) is 0 Å². The van der Waals surface area contributed by atoms with E-state index in [4.69, 9.17) is 22.7 Å². The topological polar surface area (TPSA) is 38.5 Å². The molecule has 0 aromatic heterocycles. The Morgan fingerprint density at radius 1 is 1.24 bits per heavy atom. The Bertz CT molecular complexity index is 655. The Morgan fingerprint density at radius 2 is 2.00 bits per heavy atom. The van der Waals surface area contributed by atoms with Crippen LogP contribution in [0, 0.1) is 6.92 Å². The molecule has 2 aromatic rings. The van der Waals surface area contributed by atoms with Gasteiger partial charge >= 0.3 is 0 Å². The van der Waals surface area contributed by atoms with Gasteiger partial charge in [0, 0.05) is 30.4 Å². The maximum absolute atomic E-state index is 5.71. The predicted octanol–water partition coefficient (Wildman–Crippen LogP) is 3.27. The van der Waals surface area contributed by atoms with Crippen molar-refractivity contribution in [3.8, 4) is 5.75 Å². The van der Waals surface area contributed by atoms with Crippen molar-refractivity contribution in [3.63, 3.8) is 0 Å². The average molecular weight is 300 g/mol. The first-order valence-corrected chi connectivity index (χ1v) is 7.16. The van der Waals surface area contributed by atoms with Crippen LogP contribution in [0.4, 0.5) is 5.69 Å². The van der Waals surface area contributed by atoms with Crippen LogP contribution in [0.25, 0.3) is 0 Å². The first kappa shape index (κ1) is 15.3. The van der Waals surface area contributed by atoms with Gasteiger partial charge in [-0.25, -0.2) is 0 Å². The molecule has 0 bridgehead atoms. The number of ether oxygens (including phenoxy) is 1. The number of hydrogen-bond acceptors (Lipinski definition) is 3. The van der Waals surface area contributed by atoms with Crippen molar-refractivity contribution in [2.75, 3.05) is 19.1 Å². The van der Waals surface area contributed by atoms with Crippen molar-refractivity contribution in [1.82, 2.24) is 0 Å². The Hall–Kier alpha value is -2.07. The third kappa shape index (κ3) is 3.73. The SMILES string of the molecule is COc1ccc(C(N)=S)cc1CN(C)c1cccc(C)c1. The van der Waals surface area contributed by atoms with Crippen molar-refractivity contribution in [1.29, 1.82) is 0 Å². The third-order valence-corrected chi connectivity index (χ3v) is 3.65. The maximum atomic E-state index is 5.71. The molecule has 0 saturated heterocycles. The smallest absolute Gasteiger partial charge is 0.123 e. The number of nitrogens with zero attached hydrogens (tertiary/aromatic N) is 1. The van der Waals surface area contributed by atoms with Crippen LogP contribution in [-0.2, 0) is 6.54 Å². The van der Waals surface area contributed by atoms with E-state index in [9.17, 15) is 0 Å². The fraction of sp³-hybridized carbons (Fsp3) is 0.235. The first-order valence-electron chi connectivity index (χ1n) is 6.76. The van der Waals surface area contributed by atoms with E-state index in [1.807, 2.05) is 18.2 Å². The summed E-state index contributed by atoms with van der Waals surface area (Å²) in [4.78, 5) is 2.57. The Balaban J connectivity index is 2.29. The molecule has 0 unspecified atom stereocenters. The molecule has 0 aliphatic rings. The van der Waals surface area contributed by atoms with Crippen LogP contribution in [0.1, 0.15) is 16.7 Å². The Kier molecular flexibility index (Phi) is 4.81. The van der Waals surface area contributed by atoms with Crippen LogP contribution < -0.4 is 15.4 Å². The molecule has 0 aliphatic heterocycles. The standard InChI is InChI=1S/C17H20N2OS/c1-12-5-4-6-15(9-12)19(2)11-14-10-13(17(18)21)7-8-16(14)20-3/h4-10H,11H2,1-3H3,(H2,18,21). The number of rotatable bonds is 5. The molecule has 3 nitrogen and oxygen atoms in total. The van der Waals surface area contributed by atoms with E-state index in [1.165, 1.54) is 5.56 Å². The quantitative estimate of drug-likeness (QED) is 0.860. The molecule has 2 N–H and O–H groups in total. The fourth-order valence-electron chi connectivity index (χ4n) is 2.27. The number of hydrogen-bond donors (Lipinski definition) is 1. The van der Waals surface area contributed by atoms with Crippen molar-refractivity contribution >= 4 is 22.9 Å². The van der Waals surface area contributed by atoms with Gasteiger partial charge in [0.1, 0.15) is 10.7 Å². The molecule has 0 fully saturated rings. The summed E-state index contributed by atoms with van der Waals surface area (Å²) >= 11 is 5.05. The van der Waals surface area contributed by atoms with Gasteiger partial charge in [0.25, 0.3) is 0 Å². The summed E-state index contributed by atoms with van der Waals surface area (Å²) < 4.78 is 5.43. The number of methoxy groups -OCH3 is 1. The van der Waals surface area contributed by atoms with E-state index >= 15 is 0 Å². The van der Waals surface area contributed by atoms with E-state index in [0.29, 0.717) is 4.99 Å². The molecule has 0 spiro atoms. The summed E-state index contributed by atoms with van der Waals surface area (Å²) in [5.74, 6) is 0.842. The number of nitrogens with two attached hydrogens (primary N) is 1. The molecule has 0 saturated carbocycles. The van der Waals surface area contributed by atoms with Crippen molar-refractivity contribution < 1.29 is 4.74 Å². The minimum Gasteiger partial charge on any atom is -0.496 e. The number of benzene rings is 2. The van der Waals surface area contributed by atoms with E-state index in [0.717, 1.165) is 29.1 Å². The molecule has 0 atom stereocenters. The van der Waals surface area contributed by atoms with Gasteiger partial charge in [-0.15, -0.1) is 0 Å². The first-order chi connectivity index (χ1) is 10.0.